The Morgan fingerprint density at radius 2 is 1.89 bits per heavy atom. The molecule has 0 amide bonds. The number of nitrogens with one attached hydrogen (secondary N) is 1. The molecule has 0 spiro atoms. The van der Waals surface area contributed by atoms with Gasteiger partial charge in [-0.05, 0) is 47.9 Å². The van der Waals surface area contributed by atoms with Gasteiger partial charge in [0.1, 0.15) is 11.6 Å². The van der Waals surface area contributed by atoms with Crippen LogP contribution in [0, 0.1) is 0 Å². The molecule has 7 heteroatoms. The van der Waals surface area contributed by atoms with Crippen molar-refractivity contribution in [3.8, 4) is 5.75 Å². The van der Waals surface area contributed by atoms with Crippen LogP contribution in [0.25, 0.3) is 0 Å². The second-order valence-corrected chi connectivity index (χ2v) is 6.21. The Morgan fingerprint density at radius 3 is 2.52 bits per heavy atom. The average molecular weight is 384 g/mol. The lowest BCUT2D eigenvalue weighted by molar-refractivity contribution is -0.138. The van der Waals surface area contributed by atoms with Crippen LogP contribution in [0.3, 0.4) is 0 Å². The van der Waals surface area contributed by atoms with Gasteiger partial charge in [0.2, 0.25) is 5.28 Å². The minimum atomic E-state index is -0.930. The monoisotopic (exact) mass is 383 g/mol. The molecule has 2 N–H and O–H groups in total. The first-order valence-corrected chi connectivity index (χ1v) is 8.65. The number of carbonyl (C=O) groups is 1. The van der Waals surface area contributed by atoms with E-state index in [-0.39, 0.29) is 11.7 Å². The molecule has 1 aromatic heterocycles. The summed E-state index contributed by atoms with van der Waals surface area (Å²) in [6.07, 6.45) is 1.77. The molecule has 0 aliphatic heterocycles. The molecule has 138 valence electrons. The minimum absolute atomic E-state index is 0.0912. The first kappa shape index (κ1) is 18.7. The lowest BCUT2D eigenvalue weighted by atomic mass is 9.92. The number of anilines is 2. The fraction of sp³-hybridized carbons (Fsp3) is 0.150. The van der Waals surface area contributed by atoms with E-state index in [1.54, 1.807) is 37.6 Å². The van der Waals surface area contributed by atoms with Gasteiger partial charge in [-0.25, -0.2) is 9.97 Å². The van der Waals surface area contributed by atoms with Crippen LogP contribution < -0.4 is 10.1 Å². The van der Waals surface area contributed by atoms with E-state index in [4.69, 9.17) is 16.3 Å². The van der Waals surface area contributed by atoms with Gasteiger partial charge in [-0.15, -0.1) is 0 Å². The van der Waals surface area contributed by atoms with Crippen LogP contribution in [-0.2, 0) is 11.2 Å². The number of methoxy groups -OCH3 is 1. The number of halogens is 1. The van der Waals surface area contributed by atoms with Gasteiger partial charge in [0.25, 0.3) is 0 Å². The van der Waals surface area contributed by atoms with Crippen LogP contribution >= 0.6 is 11.6 Å². The van der Waals surface area contributed by atoms with Gasteiger partial charge in [0.05, 0.1) is 13.0 Å². The van der Waals surface area contributed by atoms with E-state index in [0.29, 0.717) is 22.7 Å². The number of nitrogens with zero attached hydrogens (tertiary/aromatic N) is 2. The van der Waals surface area contributed by atoms with Crippen molar-refractivity contribution in [3.05, 3.63) is 77.2 Å². The molecule has 0 saturated heterocycles. The Balaban J connectivity index is 1.90. The quantitative estimate of drug-likeness (QED) is 0.592. The topological polar surface area (TPSA) is 84.3 Å². The molecule has 1 unspecified atom stereocenters. The van der Waals surface area contributed by atoms with E-state index in [1.807, 2.05) is 30.3 Å². The van der Waals surface area contributed by atoms with Crippen LogP contribution in [-0.4, -0.2) is 28.2 Å². The van der Waals surface area contributed by atoms with Gasteiger partial charge in [0, 0.05) is 17.4 Å². The number of benzene rings is 2. The number of hydrogen-bond acceptors (Lipinski definition) is 5. The van der Waals surface area contributed by atoms with Crippen LogP contribution in [0.15, 0.2) is 60.8 Å². The Morgan fingerprint density at radius 1 is 1.19 bits per heavy atom. The molecule has 3 rings (SSSR count). The van der Waals surface area contributed by atoms with Crippen LogP contribution in [0.1, 0.15) is 17.0 Å². The van der Waals surface area contributed by atoms with Crippen molar-refractivity contribution < 1.29 is 14.6 Å². The van der Waals surface area contributed by atoms with Gasteiger partial charge < -0.3 is 15.2 Å². The van der Waals surface area contributed by atoms with E-state index < -0.39 is 11.9 Å². The van der Waals surface area contributed by atoms with Crippen molar-refractivity contribution in [2.24, 2.45) is 0 Å². The van der Waals surface area contributed by atoms with E-state index in [9.17, 15) is 9.90 Å². The molecule has 0 aliphatic carbocycles. The van der Waals surface area contributed by atoms with Crippen LogP contribution in [0.4, 0.5) is 11.5 Å². The molecule has 6 nitrogen and oxygen atoms in total. The molecular weight excluding hydrogens is 366 g/mol. The Bertz CT molecular complexity index is 918. The zero-order valence-electron chi connectivity index (χ0n) is 14.6. The number of rotatable bonds is 7. The predicted molar refractivity (Wildman–Crippen MR) is 104 cm³/mol. The fourth-order valence-electron chi connectivity index (χ4n) is 2.70. The zero-order chi connectivity index (χ0) is 19.2. The number of carboxylic acids is 1. The maximum absolute atomic E-state index is 11.9. The van der Waals surface area contributed by atoms with E-state index >= 15 is 0 Å². The largest absolute Gasteiger partial charge is 0.497 e. The summed E-state index contributed by atoms with van der Waals surface area (Å²) in [7, 11) is 1.57. The minimum Gasteiger partial charge on any atom is -0.497 e. The number of hydrogen-bond donors (Lipinski definition) is 2. The molecule has 27 heavy (non-hydrogen) atoms. The number of carboxylic acid groups (broad SMARTS) is 1. The second kappa shape index (κ2) is 8.51. The summed E-state index contributed by atoms with van der Waals surface area (Å²) in [5, 5.41) is 13.0. The van der Waals surface area contributed by atoms with Crippen LogP contribution in [0.2, 0.25) is 5.28 Å². The van der Waals surface area contributed by atoms with E-state index in [0.717, 1.165) is 5.69 Å². The second-order valence-electron chi connectivity index (χ2n) is 5.87. The lowest BCUT2D eigenvalue weighted by Crippen LogP contribution is -2.16. The molecule has 0 bridgehead atoms. The molecule has 1 atom stereocenters. The lowest BCUT2D eigenvalue weighted by Gasteiger charge is -2.16. The van der Waals surface area contributed by atoms with Crippen LogP contribution in [0.5, 0.6) is 5.75 Å². The highest BCUT2D eigenvalue weighted by molar-refractivity contribution is 6.28. The highest BCUT2D eigenvalue weighted by atomic mass is 35.5. The van der Waals surface area contributed by atoms with Crippen molar-refractivity contribution in [1.29, 1.82) is 0 Å². The van der Waals surface area contributed by atoms with Crippen molar-refractivity contribution in [1.82, 2.24) is 9.97 Å². The Labute approximate surface area is 161 Å². The van der Waals surface area contributed by atoms with Gasteiger partial charge in [-0.2, -0.15) is 0 Å². The summed E-state index contributed by atoms with van der Waals surface area (Å²) in [6, 6.07) is 16.4. The smallest absolute Gasteiger partial charge is 0.311 e. The first-order valence-electron chi connectivity index (χ1n) is 8.27. The molecular formula is C20H18ClN3O3. The van der Waals surface area contributed by atoms with Gasteiger partial charge >= 0.3 is 5.97 Å². The third-order valence-corrected chi connectivity index (χ3v) is 4.29. The third kappa shape index (κ3) is 4.74. The number of ether oxygens (including phenoxy) is 1. The van der Waals surface area contributed by atoms with Crippen molar-refractivity contribution >= 4 is 29.1 Å². The number of aliphatic carboxylic acids is 1. The third-order valence-electron chi connectivity index (χ3n) is 4.11. The average Bonchev–Trinajstić information content (AvgIpc) is 2.68. The number of aromatic nitrogens is 2. The summed E-state index contributed by atoms with van der Waals surface area (Å²) < 4.78 is 5.13. The standard InChI is InChI=1S/C20H18ClN3O3/c1-27-16-9-7-13(8-10-16)17(19(25)26)11-14-12-22-20(21)24-18(14)23-15-5-3-2-4-6-15/h2-10,12,17H,11H2,1H3,(H,25,26)(H,22,23,24). The van der Waals surface area contributed by atoms with Gasteiger partial charge in [-0.3, -0.25) is 4.79 Å². The van der Waals surface area contributed by atoms with Gasteiger partial charge in [-0.1, -0.05) is 30.3 Å². The number of para-hydroxylation sites is 1. The SMILES string of the molecule is COc1ccc(C(Cc2cnc(Cl)nc2Nc2ccccc2)C(=O)O)cc1. The Kier molecular flexibility index (Phi) is 5.88. The fourth-order valence-corrected chi connectivity index (χ4v) is 2.84. The molecule has 2 aromatic carbocycles. The molecule has 1 heterocycles. The molecule has 0 aliphatic rings. The zero-order valence-corrected chi connectivity index (χ0v) is 15.3. The highest BCUT2D eigenvalue weighted by Gasteiger charge is 2.23. The molecule has 0 saturated carbocycles. The maximum atomic E-state index is 11.9. The summed E-state index contributed by atoms with van der Waals surface area (Å²) in [5.41, 5.74) is 2.15. The van der Waals surface area contributed by atoms with Crippen molar-refractivity contribution in [3.63, 3.8) is 0 Å². The summed E-state index contributed by atoms with van der Waals surface area (Å²) in [5.74, 6) is -0.525. The van der Waals surface area contributed by atoms with E-state index in [1.165, 1.54) is 0 Å². The molecule has 0 fully saturated rings. The highest BCUT2D eigenvalue weighted by Crippen LogP contribution is 2.28. The molecule has 0 radical (unpaired) electrons. The summed E-state index contributed by atoms with van der Waals surface area (Å²) in [4.78, 5) is 20.1. The Hall–Kier alpha value is -3.12. The summed E-state index contributed by atoms with van der Waals surface area (Å²) >= 11 is 5.94. The maximum Gasteiger partial charge on any atom is 0.311 e. The van der Waals surface area contributed by atoms with E-state index in [2.05, 4.69) is 15.3 Å². The first-order chi connectivity index (χ1) is 13.1. The summed E-state index contributed by atoms with van der Waals surface area (Å²) in [6.45, 7) is 0. The van der Waals surface area contributed by atoms with Crippen molar-refractivity contribution in [2.45, 2.75) is 12.3 Å². The normalized spacial score (nSPS) is 11.6. The van der Waals surface area contributed by atoms with Gasteiger partial charge in [0.15, 0.2) is 0 Å². The van der Waals surface area contributed by atoms with Crippen molar-refractivity contribution in [2.75, 3.05) is 12.4 Å². The molecule has 3 aromatic rings. The predicted octanol–water partition coefficient (Wildman–Crippen LogP) is 4.29.